The Morgan fingerprint density at radius 2 is 1.87 bits per heavy atom. The van der Waals surface area contributed by atoms with E-state index in [1.165, 1.54) is 11.1 Å². The van der Waals surface area contributed by atoms with Gasteiger partial charge in [0.15, 0.2) is 5.96 Å². The maximum absolute atomic E-state index is 4.55. The Balaban J connectivity index is 1.85. The zero-order valence-corrected chi connectivity index (χ0v) is 14.2. The summed E-state index contributed by atoms with van der Waals surface area (Å²) in [6.07, 6.45) is 3.60. The van der Waals surface area contributed by atoms with E-state index in [1.54, 1.807) is 11.0 Å². The molecule has 0 saturated heterocycles. The molecule has 0 radical (unpaired) electrons. The first-order chi connectivity index (χ1) is 11.2. The van der Waals surface area contributed by atoms with Gasteiger partial charge in [0, 0.05) is 20.1 Å². The molecule has 0 saturated carbocycles. The molecule has 23 heavy (non-hydrogen) atoms. The number of nitrogens with one attached hydrogen (secondary N) is 2. The van der Waals surface area contributed by atoms with Gasteiger partial charge in [-0.05, 0) is 30.9 Å². The van der Waals surface area contributed by atoms with E-state index >= 15 is 0 Å². The highest BCUT2D eigenvalue weighted by Gasteiger charge is 2.01. The number of benzene rings is 1. The zero-order chi connectivity index (χ0) is 16.5. The van der Waals surface area contributed by atoms with Crippen LogP contribution in [0.15, 0.2) is 35.6 Å². The minimum Gasteiger partial charge on any atom is -0.357 e. The van der Waals surface area contributed by atoms with Crippen LogP contribution in [0.2, 0.25) is 0 Å². The predicted octanol–water partition coefficient (Wildman–Crippen LogP) is 1.68. The smallest absolute Gasteiger partial charge is 0.191 e. The van der Waals surface area contributed by atoms with E-state index in [1.807, 2.05) is 7.05 Å². The van der Waals surface area contributed by atoms with Crippen LogP contribution in [0.1, 0.15) is 30.8 Å². The van der Waals surface area contributed by atoms with E-state index in [0.29, 0.717) is 6.54 Å². The van der Waals surface area contributed by atoms with Crippen LogP contribution < -0.4 is 10.6 Å². The van der Waals surface area contributed by atoms with E-state index in [9.17, 15) is 0 Å². The van der Waals surface area contributed by atoms with Gasteiger partial charge in [0.1, 0.15) is 18.7 Å². The summed E-state index contributed by atoms with van der Waals surface area (Å²) in [4.78, 5) is 8.73. The van der Waals surface area contributed by atoms with Crippen LogP contribution in [0.4, 0.5) is 0 Å². The largest absolute Gasteiger partial charge is 0.357 e. The molecule has 0 unspecified atom stereocenters. The van der Waals surface area contributed by atoms with Crippen LogP contribution >= 0.6 is 0 Å². The molecule has 2 aromatic rings. The second-order valence-corrected chi connectivity index (χ2v) is 5.34. The minimum atomic E-state index is 0.511. The molecule has 1 aromatic carbocycles. The Hall–Kier alpha value is -2.37. The van der Waals surface area contributed by atoms with Crippen molar-refractivity contribution in [2.45, 2.75) is 33.2 Å². The third kappa shape index (κ3) is 5.39. The maximum Gasteiger partial charge on any atom is 0.191 e. The molecule has 1 aromatic heterocycles. The van der Waals surface area contributed by atoms with Crippen molar-refractivity contribution in [1.82, 2.24) is 25.4 Å². The number of guanidine groups is 1. The number of hydrogen-bond donors (Lipinski definition) is 2. The summed E-state index contributed by atoms with van der Waals surface area (Å²) in [5.74, 6) is 1.65. The fraction of sp³-hybridized carbons (Fsp3) is 0.471. The van der Waals surface area contributed by atoms with Crippen molar-refractivity contribution < 1.29 is 0 Å². The lowest BCUT2D eigenvalue weighted by atomic mass is 10.1. The summed E-state index contributed by atoms with van der Waals surface area (Å²) in [5, 5.41) is 10.7. The molecule has 6 heteroatoms. The summed E-state index contributed by atoms with van der Waals surface area (Å²) in [5.41, 5.74) is 2.71. The fourth-order valence-corrected chi connectivity index (χ4v) is 2.22. The highest BCUT2D eigenvalue weighted by molar-refractivity contribution is 5.79. The van der Waals surface area contributed by atoms with E-state index in [4.69, 9.17) is 0 Å². The summed E-state index contributed by atoms with van der Waals surface area (Å²) >= 11 is 0. The Morgan fingerprint density at radius 1 is 1.13 bits per heavy atom. The normalized spacial score (nSPS) is 11.5. The first-order valence-corrected chi connectivity index (χ1v) is 8.15. The summed E-state index contributed by atoms with van der Waals surface area (Å²) in [7, 11) is 1.87. The molecule has 0 atom stereocenters. The number of hydrogen-bond acceptors (Lipinski definition) is 3. The van der Waals surface area contributed by atoms with Crippen molar-refractivity contribution in [3.63, 3.8) is 0 Å². The molecule has 2 rings (SSSR count). The molecule has 0 bridgehead atoms. The van der Waals surface area contributed by atoms with Crippen molar-refractivity contribution in [3.05, 3.63) is 47.5 Å². The van der Waals surface area contributed by atoms with Crippen LogP contribution in [0, 0.1) is 0 Å². The molecule has 6 nitrogen and oxygen atoms in total. The Morgan fingerprint density at radius 3 is 2.48 bits per heavy atom. The van der Waals surface area contributed by atoms with Crippen molar-refractivity contribution in [1.29, 1.82) is 0 Å². The standard InChI is InChI=1S/C17H26N6/c1-4-14-6-8-15(9-7-14)10-11-19-17(18-5-2)20-12-16-21-13-22-23(16)3/h6-9,13H,4-5,10-12H2,1-3H3,(H2,18,19,20). The number of rotatable bonds is 7. The van der Waals surface area contributed by atoms with Gasteiger partial charge in [0.2, 0.25) is 0 Å². The average molecular weight is 314 g/mol. The van der Waals surface area contributed by atoms with Gasteiger partial charge in [-0.2, -0.15) is 5.10 Å². The molecule has 2 N–H and O–H groups in total. The van der Waals surface area contributed by atoms with Gasteiger partial charge in [-0.3, -0.25) is 4.68 Å². The van der Waals surface area contributed by atoms with Crippen molar-refractivity contribution in [2.75, 3.05) is 13.1 Å². The van der Waals surface area contributed by atoms with E-state index in [0.717, 1.165) is 37.7 Å². The lowest BCUT2D eigenvalue weighted by molar-refractivity contribution is 0.697. The van der Waals surface area contributed by atoms with Crippen LogP contribution in [-0.2, 0) is 26.4 Å². The number of aliphatic imine (C=N–C) groups is 1. The van der Waals surface area contributed by atoms with Gasteiger partial charge in [-0.1, -0.05) is 31.2 Å². The SMILES string of the molecule is CCNC(=NCc1ncnn1C)NCCc1ccc(CC)cc1. The quantitative estimate of drug-likeness (QED) is 0.603. The topological polar surface area (TPSA) is 67.1 Å². The maximum atomic E-state index is 4.55. The molecular formula is C17H26N6. The minimum absolute atomic E-state index is 0.511. The lowest BCUT2D eigenvalue weighted by Crippen LogP contribution is -2.38. The van der Waals surface area contributed by atoms with Gasteiger partial charge in [-0.25, -0.2) is 9.98 Å². The van der Waals surface area contributed by atoms with Crippen LogP contribution in [-0.4, -0.2) is 33.8 Å². The van der Waals surface area contributed by atoms with Crippen LogP contribution in [0.25, 0.3) is 0 Å². The molecule has 0 aliphatic heterocycles. The molecule has 0 fully saturated rings. The van der Waals surface area contributed by atoms with Gasteiger partial charge in [-0.15, -0.1) is 0 Å². The molecule has 124 valence electrons. The number of aryl methyl sites for hydroxylation is 2. The van der Waals surface area contributed by atoms with Gasteiger partial charge < -0.3 is 10.6 Å². The van der Waals surface area contributed by atoms with Gasteiger partial charge in [0.05, 0.1) is 0 Å². The summed E-state index contributed by atoms with van der Waals surface area (Å²) < 4.78 is 1.74. The molecule has 1 heterocycles. The van der Waals surface area contributed by atoms with Crippen molar-refractivity contribution in [2.24, 2.45) is 12.0 Å². The van der Waals surface area contributed by atoms with Crippen molar-refractivity contribution in [3.8, 4) is 0 Å². The highest BCUT2D eigenvalue weighted by atomic mass is 15.3. The van der Waals surface area contributed by atoms with E-state index in [2.05, 4.69) is 63.8 Å². The number of aromatic nitrogens is 3. The molecule has 0 aliphatic rings. The second-order valence-electron chi connectivity index (χ2n) is 5.34. The van der Waals surface area contributed by atoms with Crippen LogP contribution in [0.5, 0.6) is 0 Å². The predicted molar refractivity (Wildman–Crippen MR) is 93.3 cm³/mol. The van der Waals surface area contributed by atoms with E-state index in [-0.39, 0.29) is 0 Å². The Labute approximate surface area is 138 Å². The Kier molecular flexibility index (Phi) is 6.59. The third-order valence-corrected chi connectivity index (χ3v) is 3.67. The van der Waals surface area contributed by atoms with Crippen molar-refractivity contribution >= 4 is 5.96 Å². The monoisotopic (exact) mass is 314 g/mol. The first-order valence-electron chi connectivity index (χ1n) is 8.15. The second kappa shape index (κ2) is 8.92. The molecule has 0 spiro atoms. The number of nitrogens with zero attached hydrogens (tertiary/aromatic N) is 4. The zero-order valence-electron chi connectivity index (χ0n) is 14.2. The van der Waals surface area contributed by atoms with Crippen LogP contribution in [0.3, 0.4) is 0 Å². The summed E-state index contributed by atoms with van der Waals surface area (Å²) in [6, 6.07) is 8.79. The fourth-order valence-electron chi connectivity index (χ4n) is 2.22. The lowest BCUT2D eigenvalue weighted by Gasteiger charge is -2.11. The Bertz CT molecular complexity index is 614. The summed E-state index contributed by atoms with van der Waals surface area (Å²) in [6.45, 7) is 6.42. The molecule has 0 aliphatic carbocycles. The third-order valence-electron chi connectivity index (χ3n) is 3.67. The average Bonchev–Trinajstić information content (AvgIpc) is 2.98. The van der Waals surface area contributed by atoms with E-state index < -0.39 is 0 Å². The first kappa shape index (κ1) is 17.0. The molecule has 0 amide bonds. The van der Waals surface area contributed by atoms with Gasteiger partial charge >= 0.3 is 0 Å². The molecular weight excluding hydrogens is 288 g/mol. The van der Waals surface area contributed by atoms with Gasteiger partial charge in [0.25, 0.3) is 0 Å². The highest BCUT2D eigenvalue weighted by Crippen LogP contribution is 2.05.